The molecule has 0 atom stereocenters. The summed E-state index contributed by atoms with van der Waals surface area (Å²) in [5.41, 5.74) is -0.167. The summed E-state index contributed by atoms with van der Waals surface area (Å²) >= 11 is 0. The molecule has 0 heterocycles. The molecule has 2 aromatic rings. The fourth-order valence-electron chi connectivity index (χ4n) is 1.74. The van der Waals surface area contributed by atoms with E-state index in [0.717, 1.165) is 18.2 Å². The molecule has 0 radical (unpaired) electrons. The van der Waals surface area contributed by atoms with Crippen LogP contribution in [0, 0.1) is 15.9 Å². The van der Waals surface area contributed by atoms with Crippen molar-refractivity contribution in [1.29, 1.82) is 0 Å². The van der Waals surface area contributed by atoms with E-state index in [1.54, 1.807) is 0 Å². The van der Waals surface area contributed by atoms with Crippen LogP contribution in [0.4, 0.5) is 10.1 Å². The number of nitrogens with one attached hydrogen (secondary N) is 1. The molecule has 0 aliphatic rings. The third-order valence-electron chi connectivity index (χ3n) is 2.83. The Morgan fingerprint density at radius 3 is 2.67 bits per heavy atom. The van der Waals surface area contributed by atoms with Gasteiger partial charge in [0.15, 0.2) is 0 Å². The van der Waals surface area contributed by atoms with E-state index >= 15 is 0 Å². The van der Waals surface area contributed by atoms with E-state index in [1.165, 1.54) is 24.3 Å². The molecule has 7 heteroatoms. The molecule has 0 aromatic heterocycles. The lowest BCUT2D eigenvalue weighted by atomic mass is 10.1. The lowest BCUT2D eigenvalue weighted by Gasteiger charge is -2.07. The SMILES string of the molecule is O=C(NCc1cc([N+](=O)[O-])ccc1O)c1ccccc1F. The number of phenolic OH excluding ortho intramolecular Hbond substituents is 1. The summed E-state index contributed by atoms with van der Waals surface area (Å²) in [6.07, 6.45) is 0. The maximum atomic E-state index is 13.4. The van der Waals surface area contributed by atoms with E-state index in [9.17, 15) is 24.4 Å². The number of nitro groups is 1. The van der Waals surface area contributed by atoms with E-state index in [1.807, 2.05) is 0 Å². The molecule has 21 heavy (non-hydrogen) atoms. The van der Waals surface area contributed by atoms with E-state index in [4.69, 9.17) is 0 Å². The predicted octanol–water partition coefficient (Wildman–Crippen LogP) is 2.37. The number of hydrogen-bond acceptors (Lipinski definition) is 4. The van der Waals surface area contributed by atoms with Gasteiger partial charge in [-0.15, -0.1) is 0 Å². The van der Waals surface area contributed by atoms with Crippen molar-refractivity contribution in [2.45, 2.75) is 6.54 Å². The van der Waals surface area contributed by atoms with E-state index in [2.05, 4.69) is 5.32 Å². The summed E-state index contributed by atoms with van der Waals surface area (Å²) in [5, 5.41) is 22.7. The zero-order valence-corrected chi connectivity index (χ0v) is 10.7. The van der Waals surface area contributed by atoms with Crippen LogP contribution in [0.2, 0.25) is 0 Å². The first-order valence-electron chi connectivity index (χ1n) is 5.98. The number of non-ortho nitro benzene ring substituents is 1. The number of hydrogen-bond donors (Lipinski definition) is 2. The summed E-state index contributed by atoms with van der Waals surface area (Å²) in [5.74, 6) is -1.52. The highest BCUT2D eigenvalue weighted by molar-refractivity contribution is 5.94. The Morgan fingerprint density at radius 2 is 2.00 bits per heavy atom. The Balaban J connectivity index is 2.13. The number of phenols is 1. The van der Waals surface area contributed by atoms with Crippen molar-refractivity contribution >= 4 is 11.6 Å². The number of benzene rings is 2. The molecule has 0 bridgehead atoms. The van der Waals surface area contributed by atoms with Gasteiger partial charge in [0.25, 0.3) is 11.6 Å². The van der Waals surface area contributed by atoms with Crippen molar-refractivity contribution < 1.29 is 19.2 Å². The first kappa shape index (κ1) is 14.4. The molecule has 6 nitrogen and oxygen atoms in total. The molecule has 2 aromatic carbocycles. The molecule has 0 saturated heterocycles. The Morgan fingerprint density at radius 1 is 1.29 bits per heavy atom. The molecule has 0 fully saturated rings. The van der Waals surface area contributed by atoms with Crippen molar-refractivity contribution in [3.05, 3.63) is 69.5 Å². The molecule has 0 aliphatic heterocycles. The monoisotopic (exact) mass is 290 g/mol. The van der Waals surface area contributed by atoms with Crippen LogP contribution in [0.1, 0.15) is 15.9 Å². The third-order valence-corrected chi connectivity index (χ3v) is 2.83. The van der Waals surface area contributed by atoms with Crippen molar-refractivity contribution in [1.82, 2.24) is 5.32 Å². The lowest BCUT2D eigenvalue weighted by Crippen LogP contribution is -2.23. The number of amides is 1. The van der Waals surface area contributed by atoms with Gasteiger partial charge in [-0.2, -0.15) is 0 Å². The third kappa shape index (κ3) is 3.33. The van der Waals surface area contributed by atoms with Crippen LogP contribution in [-0.4, -0.2) is 15.9 Å². The topological polar surface area (TPSA) is 92.5 Å². The number of aromatic hydroxyl groups is 1. The molecule has 0 saturated carbocycles. The minimum atomic E-state index is -0.668. The zero-order valence-electron chi connectivity index (χ0n) is 10.7. The number of carbonyl (C=O) groups is 1. The van der Waals surface area contributed by atoms with Crippen LogP contribution < -0.4 is 5.32 Å². The summed E-state index contributed by atoms with van der Waals surface area (Å²) < 4.78 is 13.4. The highest BCUT2D eigenvalue weighted by Gasteiger charge is 2.13. The molecule has 108 valence electrons. The molecule has 2 N–H and O–H groups in total. The Labute approximate surface area is 119 Å². The van der Waals surface area contributed by atoms with Gasteiger partial charge in [-0.25, -0.2) is 4.39 Å². The fraction of sp³-hybridized carbons (Fsp3) is 0.0714. The van der Waals surface area contributed by atoms with Gasteiger partial charge in [0.1, 0.15) is 11.6 Å². The van der Waals surface area contributed by atoms with E-state index in [-0.39, 0.29) is 29.1 Å². The molecule has 0 unspecified atom stereocenters. The maximum absolute atomic E-state index is 13.4. The quantitative estimate of drug-likeness (QED) is 0.668. The Kier molecular flexibility index (Phi) is 4.13. The standard InChI is InChI=1S/C14H11FN2O4/c15-12-4-2-1-3-11(12)14(19)16-8-9-7-10(17(20)21)5-6-13(9)18/h1-7,18H,8H2,(H,16,19). The molecule has 0 aliphatic carbocycles. The molecular formula is C14H11FN2O4. The van der Waals surface area contributed by atoms with Crippen molar-refractivity contribution in [3.63, 3.8) is 0 Å². The van der Waals surface area contributed by atoms with Crippen LogP contribution >= 0.6 is 0 Å². The summed E-state index contributed by atoms with van der Waals surface area (Å²) in [6.45, 7) is -0.152. The van der Waals surface area contributed by atoms with Crippen molar-refractivity contribution in [2.24, 2.45) is 0 Å². The highest BCUT2D eigenvalue weighted by Crippen LogP contribution is 2.22. The molecule has 0 spiro atoms. The minimum Gasteiger partial charge on any atom is -0.508 e. The van der Waals surface area contributed by atoms with Gasteiger partial charge in [0.2, 0.25) is 0 Å². The van der Waals surface area contributed by atoms with Crippen LogP contribution in [0.25, 0.3) is 0 Å². The van der Waals surface area contributed by atoms with Gasteiger partial charge in [-0.05, 0) is 18.2 Å². The number of nitro benzene ring substituents is 1. The number of rotatable bonds is 4. The van der Waals surface area contributed by atoms with Crippen molar-refractivity contribution in [3.8, 4) is 5.75 Å². The van der Waals surface area contributed by atoms with Gasteiger partial charge < -0.3 is 10.4 Å². The summed E-state index contributed by atoms with van der Waals surface area (Å²) in [7, 11) is 0. The zero-order chi connectivity index (χ0) is 15.4. The van der Waals surface area contributed by atoms with Gasteiger partial charge in [-0.3, -0.25) is 14.9 Å². The normalized spacial score (nSPS) is 10.1. The van der Waals surface area contributed by atoms with Crippen molar-refractivity contribution in [2.75, 3.05) is 0 Å². The van der Waals surface area contributed by atoms with Crippen LogP contribution in [-0.2, 0) is 6.54 Å². The predicted molar refractivity (Wildman–Crippen MR) is 72.3 cm³/mol. The van der Waals surface area contributed by atoms with Gasteiger partial charge in [-0.1, -0.05) is 12.1 Å². The number of carbonyl (C=O) groups excluding carboxylic acids is 1. The van der Waals surface area contributed by atoms with E-state index < -0.39 is 16.6 Å². The molecule has 1 amide bonds. The second kappa shape index (κ2) is 6.00. The van der Waals surface area contributed by atoms with Gasteiger partial charge in [0, 0.05) is 24.2 Å². The largest absolute Gasteiger partial charge is 0.508 e. The first-order valence-corrected chi connectivity index (χ1v) is 5.98. The van der Waals surface area contributed by atoms with Crippen LogP contribution in [0.3, 0.4) is 0 Å². The van der Waals surface area contributed by atoms with Gasteiger partial charge >= 0.3 is 0 Å². The maximum Gasteiger partial charge on any atom is 0.270 e. The van der Waals surface area contributed by atoms with Crippen LogP contribution in [0.15, 0.2) is 42.5 Å². The average molecular weight is 290 g/mol. The summed E-state index contributed by atoms with van der Waals surface area (Å²) in [6, 6.07) is 8.91. The lowest BCUT2D eigenvalue weighted by molar-refractivity contribution is -0.384. The molecule has 2 rings (SSSR count). The number of halogens is 1. The average Bonchev–Trinajstić information content (AvgIpc) is 2.46. The highest BCUT2D eigenvalue weighted by atomic mass is 19.1. The second-order valence-corrected chi connectivity index (χ2v) is 4.23. The first-order chi connectivity index (χ1) is 9.99. The fourth-order valence-corrected chi connectivity index (χ4v) is 1.74. The Bertz CT molecular complexity index is 703. The number of nitrogens with zero attached hydrogens (tertiary/aromatic N) is 1. The summed E-state index contributed by atoms with van der Waals surface area (Å²) in [4.78, 5) is 21.8. The Hall–Kier alpha value is -2.96. The van der Waals surface area contributed by atoms with E-state index in [0.29, 0.717) is 0 Å². The smallest absolute Gasteiger partial charge is 0.270 e. The van der Waals surface area contributed by atoms with Gasteiger partial charge in [0.05, 0.1) is 10.5 Å². The minimum absolute atomic E-state index is 0.137. The molecular weight excluding hydrogens is 279 g/mol. The van der Waals surface area contributed by atoms with Crippen LogP contribution in [0.5, 0.6) is 5.75 Å². The second-order valence-electron chi connectivity index (χ2n) is 4.23.